The van der Waals surface area contributed by atoms with E-state index in [-0.39, 0.29) is 6.04 Å². The molecule has 2 aromatic carbocycles. The number of hydrogen-bond donors (Lipinski definition) is 1. The summed E-state index contributed by atoms with van der Waals surface area (Å²) in [5.74, 6) is 1.65. The SMILES string of the molecule is C=CC[C@H](Nc1ccccc1)c1cc(OC)ccc1OC. The highest BCUT2D eigenvalue weighted by Gasteiger charge is 2.16. The van der Waals surface area contributed by atoms with Crippen molar-refractivity contribution >= 4 is 5.69 Å². The molecular formula is C18H21NO2. The number of rotatable bonds is 7. The number of para-hydroxylation sites is 1. The van der Waals surface area contributed by atoms with Gasteiger partial charge in [-0.25, -0.2) is 0 Å². The highest BCUT2D eigenvalue weighted by Crippen LogP contribution is 2.33. The molecule has 0 fully saturated rings. The summed E-state index contributed by atoms with van der Waals surface area (Å²) >= 11 is 0. The van der Waals surface area contributed by atoms with Crippen LogP contribution in [0.2, 0.25) is 0 Å². The van der Waals surface area contributed by atoms with Gasteiger partial charge in [-0.05, 0) is 36.8 Å². The van der Waals surface area contributed by atoms with E-state index in [9.17, 15) is 0 Å². The fourth-order valence-electron chi connectivity index (χ4n) is 2.28. The molecule has 0 aliphatic rings. The van der Waals surface area contributed by atoms with E-state index in [1.54, 1.807) is 14.2 Å². The van der Waals surface area contributed by atoms with E-state index in [4.69, 9.17) is 9.47 Å². The van der Waals surface area contributed by atoms with Crippen molar-refractivity contribution in [2.75, 3.05) is 19.5 Å². The minimum atomic E-state index is 0.0787. The van der Waals surface area contributed by atoms with E-state index in [0.29, 0.717) is 0 Å². The maximum absolute atomic E-state index is 5.48. The van der Waals surface area contributed by atoms with Gasteiger partial charge in [-0.3, -0.25) is 0 Å². The van der Waals surface area contributed by atoms with Gasteiger partial charge in [-0.1, -0.05) is 24.3 Å². The number of anilines is 1. The topological polar surface area (TPSA) is 30.5 Å². The lowest BCUT2D eigenvalue weighted by Gasteiger charge is -2.22. The van der Waals surface area contributed by atoms with E-state index in [1.165, 1.54) is 0 Å². The molecule has 3 heteroatoms. The zero-order valence-corrected chi connectivity index (χ0v) is 12.5. The monoisotopic (exact) mass is 283 g/mol. The number of hydrogen-bond acceptors (Lipinski definition) is 3. The van der Waals surface area contributed by atoms with Gasteiger partial charge in [0.05, 0.1) is 20.3 Å². The Balaban J connectivity index is 2.34. The van der Waals surface area contributed by atoms with E-state index < -0.39 is 0 Å². The van der Waals surface area contributed by atoms with Crippen LogP contribution in [0.15, 0.2) is 61.2 Å². The first-order chi connectivity index (χ1) is 10.3. The molecule has 0 radical (unpaired) electrons. The van der Waals surface area contributed by atoms with Crippen molar-refractivity contribution in [2.45, 2.75) is 12.5 Å². The second-order valence-corrected chi connectivity index (χ2v) is 4.70. The lowest BCUT2D eigenvalue weighted by Crippen LogP contribution is -2.11. The quantitative estimate of drug-likeness (QED) is 0.762. The molecule has 0 saturated heterocycles. The molecule has 0 spiro atoms. The summed E-state index contributed by atoms with van der Waals surface area (Å²) in [4.78, 5) is 0. The van der Waals surface area contributed by atoms with E-state index in [1.807, 2.05) is 54.6 Å². The summed E-state index contributed by atoms with van der Waals surface area (Å²) in [6, 6.07) is 16.0. The minimum Gasteiger partial charge on any atom is -0.497 e. The molecule has 110 valence electrons. The number of ether oxygens (including phenoxy) is 2. The second kappa shape index (κ2) is 7.39. The third-order valence-electron chi connectivity index (χ3n) is 3.33. The molecular weight excluding hydrogens is 262 g/mol. The van der Waals surface area contributed by atoms with Crippen LogP contribution >= 0.6 is 0 Å². The van der Waals surface area contributed by atoms with E-state index in [0.717, 1.165) is 29.2 Å². The van der Waals surface area contributed by atoms with Crippen molar-refractivity contribution < 1.29 is 9.47 Å². The van der Waals surface area contributed by atoms with Crippen LogP contribution < -0.4 is 14.8 Å². The van der Waals surface area contributed by atoms with Gasteiger partial charge in [0, 0.05) is 11.3 Å². The van der Waals surface area contributed by atoms with E-state index in [2.05, 4.69) is 11.9 Å². The molecule has 0 unspecified atom stereocenters. The van der Waals surface area contributed by atoms with Gasteiger partial charge < -0.3 is 14.8 Å². The van der Waals surface area contributed by atoms with Crippen LogP contribution in [0.25, 0.3) is 0 Å². The van der Waals surface area contributed by atoms with Crippen LogP contribution in [0.3, 0.4) is 0 Å². The van der Waals surface area contributed by atoms with Crippen molar-refractivity contribution in [1.29, 1.82) is 0 Å². The summed E-state index contributed by atoms with van der Waals surface area (Å²) in [6.45, 7) is 3.85. The summed E-state index contributed by atoms with van der Waals surface area (Å²) in [5, 5.41) is 3.52. The van der Waals surface area contributed by atoms with Gasteiger partial charge in [0.25, 0.3) is 0 Å². The van der Waals surface area contributed by atoms with Crippen LogP contribution in [0.5, 0.6) is 11.5 Å². The molecule has 0 aliphatic carbocycles. The number of nitrogens with one attached hydrogen (secondary N) is 1. The molecule has 0 bridgehead atoms. The van der Waals surface area contributed by atoms with Gasteiger partial charge in [-0.15, -0.1) is 6.58 Å². The predicted octanol–water partition coefficient (Wildman–Crippen LogP) is 4.43. The first-order valence-electron chi connectivity index (χ1n) is 6.93. The lowest BCUT2D eigenvalue weighted by molar-refractivity contribution is 0.396. The maximum Gasteiger partial charge on any atom is 0.124 e. The van der Waals surface area contributed by atoms with Gasteiger partial charge in [0.1, 0.15) is 11.5 Å². The third kappa shape index (κ3) is 3.78. The molecule has 3 nitrogen and oxygen atoms in total. The van der Waals surface area contributed by atoms with Crippen molar-refractivity contribution in [2.24, 2.45) is 0 Å². The Hall–Kier alpha value is -2.42. The van der Waals surface area contributed by atoms with Crippen LogP contribution in [-0.4, -0.2) is 14.2 Å². The second-order valence-electron chi connectivity index (χ2n) is 4.70. The Morgan fingerprint density at radius 1 is 1.10 bits per heavy atom. The highest BCUT2D eigenvalue weighted by atomic mass is 16.5. The Kier molecular flexibility index (Phi) is 5.27. The zero-order chi connectivity index (χ0) is 15.1. The first-order valence-corrected chi connectivity index (χ1v) is 6.93. The normalized spacial score (nSPS) is 11.5. The smallest absolute Gasteiger partial charge is 0.124 e. The standard InChI is InChI=1S/C18H21NO2/c1-4-8-17(19-14-9-6-5-7-10-14)16-13-15(20-2)11-12-18(16)21-3/h4-7,9-13,17,19H,1,8H2,2-3H3/t17-/m0/s1. The average Bonchev–Trinajstić information content (AvgIpc) is 2.55. The molecule has 2 rings (SSSR count). The summed E-state index contributed by atoms with van der Waals surface area (Å²) < 4.78 is 10.8. The molecule has 0 amide bonds. The molecule has 0 saturated carbocycles. The Morgan fingerprint density at radius 2 is 1.86 bits per heavy atom. The van der Waals surface area contributed by atoms with Crippen LogP contribution in [0, 0.1) is 0 Å². The zero-order valence-electron chi connectivity index (χ0n) is 12.5. The van der Waals surface area contributed by atoms with Crippen molar-refractivity contribution in [1.82, 2.24) is 0 Å². The molecule has 1 N–H and O–H groups in total. The average molecular weight is 283 g/mol. The van der Waals surface area contributed by atoms with Crippen LogP contribution in [-0.2, 0) is 0 Å². The van der Waals surface area contributed by atoms with Gasteiger partial charge in [0.15, 0.2) is 0 Å². The number of benzene rings is 2. The highest BCUT2D eigenvalue weighted by molar-refractivity contribution is 5.49. The Morgan fingerprint density at radius 3 is 2.48 bits per heavy atom. The maximum atomic E-state index is 5.48. The largest absolute Gasteiger partial charge is 0.497 e. The Bertz CT molecular complexity index is 581. The third-order valence-corrected chi connectivity index (χ3v) is 3.33. The van der Waals surface area contributed by atoms with Crippen molar-refractivity contribution in [3.63, 3.8) is 0 Å². The van der Waals surface area contributed by atoms with Gasteiger partial charge in [0.2, 0.25) is 0 Å². The van der Waals surface area contributed by atoms with Crippen LogP contribution in [0.4, 0.5) is 5.69 Å². The summed E-state index contributed by atoms with van der Waals surface area (Å²) in [7, 11) is 3.34. The van der Waals surface area contributed by atoms with E-state index >= 15 is 0 Å². The molecule has 1 atom stereocenters. The van der Waals surface area contributed by atoms with Crippen molar-refractivity contribution in [3.8, 4) is 11.5 Å². The van der Waals surface area contributed by atoms with Gasteiger partial charge in [-0.2, -0.15) is 0 Å². The predicted molar refractivity (Wildman–Crippen MR) is 87.2 cm³/mol. The fourth-order valence-corrected chi connectivity index (χ4v) is 2.28. The van der Waals surface area contributed by atoms with Crippen molar-refractivity contribution in [3.05, 3.63) is 66.7 Å². The molecule has 0 heterocycles. The minimum absolute atomic E-state index is 0.0787. The molecule has 2 aromatic rings. The molecule has 0 aromatic heterocycles. The molecule has 0 aliphatic heterocycles. The summed E-state index contributed by atoms with van der Waals surface area (Å²) in [6.07, 6.45) is 2.69. The molecule has 21 heavy (non-hydrogen) atoms. The Labute approximate surface area is 126 Å². The first kappa shape index (κ1) is 15.0. The van der Waals surface area contributed by atoms with Crippen LogP contribution in [0.1, 0.15) is 18.0 Å². The number of methoxy groups -OCH3 is 2. The van der Waals surface area contributed by atoms with Gasteiger partial charge >= 0.3 is 0 Å². The fraction of sp³-hybridized carbons (Fsp3) is 0.222. The summed E-state index contributed by atoms with van der Waals surface area (Å²) in [5.41, 5.74) is 2.12. The lowest BCUT2D eigenvalue weighted by atomic mass is 10.0.